The highest BCUT2D eigenvalue weighted by atomic mass is 32.2. The van der Waals surface area contributed by atoms with Gasteiger partial charge >= 0.3 is 5.69 Å². The zero-order valence-electron chi connectivity index (χ0n) is 10.9. The van der Waals surface area contributed by atoms with E-state index in [0.717, 1.165) is 11.8 Å². The lowest BCUT2D eigenvalue weighted by Crippen LogP contribution is -2.25. The van der Waals surface area contributed by atoms with Crippen LogP contribution in [0.15, 0.2) is 38.9 Å². The second-order valence-electron chi connectivity index (χ2n) is 3.92. The fourth-order valence-electron chi connectivity index (χ4n) is 1.49. The number of carbonyl (C=O) groups excluding carboxylic acids is 1. The number of carbonyl (C=O) groups is 1. The average Bonchev–Trinajstić information content (AvgIpc) is 2.46. The summed E-state index contributed by atoms with van der Waals surface area (Å²) in [5.41, 5.74) is -1.65. The number of benzene rings is 1. The molecule has 114 valence electrons. The van der Waals surface area contributed by atoms with Crippen molar-refractivity contribution < 1.29 is 9.72 Å². The van der Waals surface area contributed by atoms with Crippen LogP contribution >= 0.6 is 11.8 Å². The summed E-state index contributed by atoms with van der Waals surface area (Å²) in [5, 5.41) is 18.6. The Balaban J connectivity index is 2.03. The van der Waals surface area contributed by atoms with Crippen LogP contribution in [0, 0.1) is 10.1 Å². The Morgan fingerprint density at radius 1 is 1.36 bits per heavy atom. The molecule has 0 saturated carbocycles. The number of nitro groups is 1. The Labute approximate surface area is 126 Å². The monoisotopic (exact) mass is 323 g/mol. The molecule has 11 heteroatoms. The minimum absolute atomic E-state index is 0.0569. The van der Waals surface area contributed by atoms with Crippen molar-refractivity contribution in [3.8, 4) is 0 Å². The molecule has 0 aliphatic carbocycles. The Bertz CT molecular complexity index is 830. The molecule has 1 amide bonds. The summed E-state index contributed by atoms with van der Waals surface area (Å²) >= 11 is 0.790. The summed E-state index contributed by atoms with van der Waals surface area (Å²) < 4.78 is 0. The van der Waals surface area contributed by atoms with Crippen molar-refractivity contribution in [3.63, 3.8) is 0 Å². The third-order valence-electron chi connectivity index (χ3n) is 2.40. The van der Waals surface area contributed by atoms with Gasteiger partial charge in [0, 0.05) is 6.07 Å². The molecule has 0 aliphatic rings. The first-order valence-corrected chi connectivity index (χ1v) is 6.81. The van der Waals surface area contributed by atoms with E-state index in [1.807, 2.05) is 10.1 Å². The first kappa shape index (κ1) is 15.4. The number of nitrogens with one attached hydrogen (secondary N) is 3. The van der Waals surface area contributed by atoms with Gasteiger partial charge in [-0.3, -0.25) is 24.7 Å². The van der Waals surface area contributed by atoms with Crippen LogP contribution in [-0.2, 0) is 4.79 Å². The minimum Gasteiger partial charge on any atom is -0.320 e. The topological polar surface area (TPSA) is 151 Å². The molecule has 1 aromatic heterocycles. The lowest BCUT2D eigenvalue weighted by atomic mass is 10.2. The van der Waals surface area contributed by atoms with Gasteiger partial charge in [-0.25, -0.2) is 9.89 Å². The lowest BCUT2D eigenvalue weighted by molar-refractivity contribution is -0.383. The van der Waals surface area contributed by atoms with Gasteiger partial charge in [-0.1, -0.05) is 23.9 Å². The Morgan fingerprint density at radius 3 is 2.77 bits per heavy atom. The normalized spacial score (nSPS) is 10.2. The molecular formula is C11H9N5O5S. The van der Waals surface area contributed by atoms with Gasteiger partial charge in [0.15, 0.2) is 5.03 Å². The fourth-order valence-corrected chi connectivity index (χ4v) is 2.13. The molecule has 1 aromatic carbocycles. The fraction of sp³-hybridized carbons (Fsp3) is 0.0909. The second-order valence-corrected chi connectivity index (χ2v) is 4.89. The molecule has 0 spiro atoms. The first-order valence-electron chi connectivity index (χ1n) is 5.82. The Kier molecular flexibility index (Phi) is 4.68. The van der Waals surface area contributed by atoms with E-state index in [4.69, 9.17) is 0 Å². The minimum atomic E-state index is -0.751. The number of nitrogens with zero attached hydrogens (tertiary/aromatic N) is 2. The number of anilines is 1. The number of rotatable bonds is 5. The molecule has 0 fully saturated rings. The summed E-state index contributed by atoms with van der Waals surface area (Å²) in [4.78, 5) is 46.1. The third kappa shape index (κ3) is 3.79. The van der Waals surface area contributed by atoms with Crippen LogP contribution in [0.1, 0.15) is 0 Å². The summed E-state index contributed by atoms with van der Waals surface area (Å²) in [7, 11) is 0. The van der Waals surface area contributed by atoms with Crippen LogP contribution in [-0.4, -0.2) is 31.8 Å². The smallest absolute Gasteiger partial charge is 0.320 e. The average molecular weight is 323 g/mol. The molecule has 0 bridgehead atoms. The number of hydrogen-bond acceptors (Lipinski definition) is 7. The van der Waals surface area contributed by atoms with Gasteiger partial charge < -0.3 is 5.32 Å². The van der Waals surface area contributed by atoms with E-state index in [1.54, 1.807) is 6.07 Å². The maximum atomic E-state index is 11.8. The predicted octanol–water partition coefficient (Wildman–Crippen LogP) is 0.0972. The number of nitro benzene ring substituents is 1. The second kappa shape index (κ2) is 6.67. The number of H-pyrrole nitrogens is 2. The standard InChI is InChI=1S/C11H9N5O5S/c17-8(5-22-10-9(18)13-11(19)15-14-10)12-6-3-1-2-4-7(6)16(20)21/h1-4H,5H2,(H,12,17)(H2,13,15,18,19). The molecule has 22 heavy (non-hydrogen) atoms. The largest absolute Gasteiger partial charge is 0.342 e. The van der Waals surface area contributed by atoms with Crippen molar-refractivity contribution in [2.45, 2.75) is 5.03 Å². The van der Waals surface area contributed by atoms with Gasteiger partial charge in [-0.15, -0.1) is 0 Å². The van der Waals surface area contributed by atoms with Gasteiger partial charge in [0.05, 0.1) is 10.7 Å². The molecule has 0 aliphatic heterocycles. The van der Waals surface area contributed by atoms with E-state index in [0.29, 0.717) is 0 Å². The molecule has 10 nitrogen and oxygen atoms in total. The predicted molar refractivity (Wildman–Crippen MR) is 77.9 cm³/mol. The molecular weight excluding hydrogens is 314 g/mol. The molecule has 0 saturated heterocycles. The maximum Gasteiger partial charge on any atom is 0.342 e. The van der Waals surface area contributed by atoms with Crippen LogP contribution in [0.4, 0.5) is 11.4 Å². The van der Waals surface area contributed by atoms with Crippen molar-refractivity contribution in [2.24, 2.45) is 0 Å². The van der Waals surface area contributed by atoms with E-state index < -0.39 is 22.1 Å². The van der Waals surface area contributed by atoms with Gasteiger partial charge in [0.1, 0.15) is 5.69 Å². The van der Waals surface area contributed by atoms with Crippen molar-refractivity contribution in [2.75, 3.05) is 11.1 Å². The van der Waals surface area contributed by atoms with E-state index in [1.165, 1.54) is 18.2 Å². The number of thioether (sulfide) groups is 1. The molecule has 2 rings (SSSR count). The lowest BCUT2D eigenvalue weighted by Gasteiger charge is -2.05. The first-order chi connectivity index (χ1) is 10.5. The van der Waals surface area contributed by atoms with Crippen molar-refractivity contribution in [3.05, 3.63) is 55.2 Å². The highest BCUT2D eigenvalue weighted by molar-refractivity contribution is 7.99. The summed E-state index contributed by atoms with van der Waals surface area (Å²) in [6, 6.07) is 5.68. The van der Waals surface area contributed by atoms with Crippen LogP contribution in [0.5, 0.6) is 0 Å². The maximum absolute atomic E-state index is 11.8. The number of aromatic nitrogens is 3. The van der Waals surface area contributed by atoms with Crippen molar-refractivity contribution in [1.82, 2.24) is 15.2 Å². The van der Waals surface area contributed by atoms with Crippen molar-refractivity contribution in [1.29, 1.82) is 0 Å². The summed E-state index contributed by atoms with van der Waals surface area (Å²) in [6.45, 7) is 0. The SMILES string of the molecule is O=C(CSc1n[nH]c(=O)[nH]c1=O)Nc1ccccc1[N+](=O)[O-]. The number of hydrogen-bond donors (Lipinski definition) is 3. The molecule has 1 heterocycles. The molecule has 0 radical (unpaired) electrons. The van der Waals surface area contributed by atoms with Crippen LogP contribution in [0.3, 0.4) is 0 Å². The van der Waals surface area contributed by atoms with Crippen LogP contribution in [0.2, 0.25) is 0 Å². The van der Waals surface area contributed by atoms with E-state index >= 15 is 0 Å². The zero-order valence-corrected chi connectivity index (χ0v) is 11.7. The van der Waals surface area contributed by atoms with Gasteiger partial charge in [0.25, 0.3) is 11.2 Å². The zero-order chi connectivity index (χ0) is 16.1. The van der Waals surface area contributed by atoms with E-state index in [9.17, 15) is 24.5 Å². The van der Waals surface area contributed by atoms with E-state index in [2.05, 4.69) is 10.4 Å². The van der Waals surface area contributed by atoms with Gasteiger partial charge in [-0.2, -0.15) is 5.10 Å². The number of amides is 1. The van der Waals surface area contributed by atoms with Crippen LogP contribution in [0.25, 0.3) is 0 Å². The Morgan fingerprint density at radius 2 is 2.09 bits per heavy atom. The van der Waals surface area contributed by atoms with Crippen LogP contribution < -0.4 is 16.6 Å². The summed E-state index contributed by atoms with van der Waals surface area (Å²) in [5.74, 6) is -0.750. The summed E-state index contributed by atoms with van der Waals surface area (Å²) in [6.07, 6.45) is 0. The molecule has 2 aromatic rings. The highest BCUT2D eigenvalue weighted by Crippen LogP contribution is 2.23. The molecule has 3 N–H and O–H groups in total. The highest BCUT2D eigenvalue weighted by Gasteiger charge is 2.15. The van der Waals surface area contributed by atoms with Crippen molar-refractivity contribution >= 4 is 29.0 Å². The van der Waals surface area contributed by atoms with E-state index in [-0.39, 0.29) is 22.2 Å². The molecule has 0 atom stereocenters. The quantitative estimate of drug-likeness (QED) is 0.401. The third-order valence-corrected chi connectivity index (χ3v) is 3.35. The Hall–Kier alpha value is -2.95. The number of para-hydroxylation sites is 2. The number of aromatic amines is 2. The van der Waals surface area contributed by atoms with Gasteiger partial charge in [-0.05, 0) is 6.07 Å². The molecule has 0 unspecified atom stereocenters. The van der Waals surface area contributed by atoms with Gasteiger partial charge in [0.2, 0.25) is 5.91 Å².